The first-order valence-electron chi connectivity index (χ1n) is 6.67. The maximum Gasteiger partial charge on any atom is 0.205 e. The minimum Gasteiger partial charge on any atom is -0.342 e. The van der Waals surface area contributed by atoms with Gasteiger partial charge < -0.3 is 15.2 Å². The Hall–Kier alpha value is -1.03. The standard InChI is InChI=1S/C13H24N4/c1-11(2)10-17-8-5-15-13(17)16-6-3-12(9-14)4-7-16/h5,8,11-12H,3-4,6-7,9-10,14H2,1-2H3. The fourth-order valence-electron chi connectivity index (χ4n) is 2.49. The molecule has 2 rings (SSSR count). The Labute approximate surface area is 104 Å². The van der Waals surface area contributed by atoms with Crippen LogP contribution >= 0.6 is 0 Å². The van der Waals surface area contributed by atoms with Crippen molar-refractivity contribution in [3.8, 4) is 0 Å². The van der Waals surface area contributed by atoms with E-state index < -0.39 is 0 Å². The second-order valence-corrected chi connectivity index (χ2v) is 5.44. The van der Waals surface area contributed by atoms with Gasteiger partial charge in [-0.05, 0) is 31.2 Å². The topological polar surface area (TPSA) is 47.1 Å². The maximum absolute atomic E-state index is 5.72. The monoisotopic (exact) mass is 236 g/mol. The molecule has 0 atom stereocenters. The van der Waals surface area contributed by atoms with Crippen LogP contribution in [0.5, 0.6) is 0 Å². The molecule has 4 nitrogen and oxygen atoms in total. The quantitative estimate of drug-likeness (QED) is 0.866. The van der Waals surface area contributed by atoms with E-state index in [-0.39, 0.29) is 0 Å². The number of nitrogens with two attached hydrogens (primary N) is 1. The summed E-state index contributed by atoms with van der Waals surface area (Å²) in [6.07, 6.45) is 6.40. The lowest BCUT2D eigenvalue weighted by molar-refractivity contribution is 0.405. The summed E-state index contributed by atoms with van der Waals surface area (Å²) in [5, 5.41) is 0. The molecule has 0 unspecified atom stereocenters. The molecule has 2 heterocycles. The Morgan fingerprint density at radius 1 is 1.41 bits per heavy atom. The SMILES string of the molecule is CC(C)Cn1ccnc1N1CCC(CN)CC1. The van der Waals surface area contributed by atoms with Gasteiger partial charge in [-0.2, -0.15) is 0 Å². The van der Waals surface area contributed by atoms with Gasteiger partial charge in [-0.15, -0.1) is 0 Å². The van der Waals surface area contributed by atoms with E-state index in [4.69, 9.17) is 5.73 Å². The van der Waals surface area contributed by atoms with Crippen molar-refractivity contribution < 1.29 is 0 Å². The highest BCUT2D eigenvalue weighted by molar-refractivity contribution is 5.31. The molecule has 0 aromatic carbocycles. The van der Waals surface area contributed by atoms with Crippen LogP contribution in [-0.2, 0) is 6.54 Å². The van der Waals surface area contributed by atoms with E-state index in [1.54, 1.807) is 0 Å². The summed E-state index contributed by atoms with van der Waals surface area (Å²) < 4.78 is 2.27. The van der Waals surface area contributed by atoms with Gasteiger partial charge in [0.05, 0.1) is 0 Å². The van der Waals surface area contributed by atoms with Crippen LogP contribution in [0, 0.1) is 11.8 Å². The number of hydrogen-bond donors (Lipinski definition) is 1. The van der Waals surface area contributed by atoms with Gasteiger partial charge in [0.2, 0.25) is 5.95 Å². The van der Waals surface area contributed by atoms with Gasteiger partial charge in [0.25, 0.3) is 0 Å². The molecule has 1 aromatic rings. The van der Waals surface area contributed by atoms with Gasteiger partial charge >= 0.3 is 0 Å². The van der Waals surface area contributed by atoms with Crippen molar-refractivity contribution in [3.63, 3.8) is 0 Å². The van der Waals surface area contributed by atoms with E-state index in [0.29, 0.717) is 11.8 Å². The Morgan fingerprint density at radius 2 is 2.12 bits per heavy atom. The third-order valence-electron chi connectivity index (χ3n) is 3.49. The fraction of sp³-hybridized carbons (Fsp3) is 0.769. The molecule has 0 radical (unpaired) electrons. The summed E-state index contributed by atoms with van der Waals surface area (Å²) in [6, 6.07) is 0. The summed E-state index contributed by atoms with van der Waals surface area (Å²) in [6.45, 7) is 8.54. The molecule has 0 aliphatic carbocycles. The predicted octanol–water partition coefficient (Wildman–Crippen LogP) is 1.71. The van der Waals surface area contributed by atoms with Crippen LogP contribution in [0.2, 0.25) is 0 Å². The van der Waals surface area contributed by atoms with E-state index in [0.717, 1.165) is 32.1 Å². The Balaban J connectivity index is 2.00. The minimum absolute atomic E-state index is 0.657. The predicted molar refractivity (Wildman–Crippen MR) is 71.1 cm³/mol. The van der Waals surface area contributed by atoms with E-state index in [1.807, 2.05) is 6.20 Å². The van der Waals surface area contributed by atoms with E-state index in [9.17, 15) is 0 Å². The highest BCUT2D eigenvalue weighted by Gasteiger charge is 2.21. The number of imidazole rings is 1. The summed E-state index contributed by atoms with van der Waals surface area (Å²) >= 11 is 0. The lowest BCUT2D eigenvalue weighted by Crippen LogP contribution is -2.37. The molecule has 0 saturated carbocycles. The smallest absolute Gasteiger partial charge is 0.205 e. The normalized spacial score (nSPS) is 18.0. The molecule has 1 saturated heterocycles. The first-order valence-corrected chi connectivity index (χ1v) is 6.67. The van der Waals surface area contributed by atoms with Crippen molar-refractivity contribution in [3.05, 3.63) is 12.4 Å². The largest absolute Gasteiger partial charge is 0.342 e. The van der Waals surface area contributed by atoms with Crippen molar-refractivity contribution in [2.45, 2.75) is 33.2 Å². The van der Waals surface area contributed by atoms with Crippen molar-refractivity contribution >= 4 is 5.95 Å². The highest BCUT2D eigenvalue weighted by atomic mass is 15.3. The van der Waals surface area contributed by atoms with Crippen molar-refractivity contribution in [1.82, 2.24) is 9.55 Å². The van der Waals surface area contributed by atoms with Gasteiger partial charge in [0, 0.05) is 32.0 Å². The third-order valence-corrected chi connectivity index (χ3v) is 3.49. The zero-order valence-corrected chi connectivity index (χ0v) is 11.0. The summed E-state index contributed by atoms with van der Waals surface area (Å²) in [5.41, 5.74) is 5.72. The Bertz CT molecular complexity index is 337. The summed E-state index contributed by atoms with van der Waals surface area (Å²) in [5.74, 6) is 2.50. The van der Waals surface area contributed by atoms with Gasteiger partial charge in [0.1, 0.15) is 0 Å². The molecular weight excluding hydrogens is 212 g/mol. The second kappa shape index (κ2) is 5.54. The van der Waals surface area contributed by atoms with Crippen molar-refractivity contribution in [2.24, 2.45) is 17.6 Å². The van der Waals surface area contributed by atoms with Crippen LogP contribution in [0.1, 0.15) is 26.7 Å². The molecule has 1 aliphatic rings. The summed E-state index contributed by atoms with van der Waals surface area (Å²) in [4.78, 5) is 6.90. The van der Waals surface area contributed by atoms with Gasteiger partial charge in [-0.25, -0.2) is 4.98 Å². The van der Waals surface area contributed by atoms with Crippen LogP contribution in [0.3, 0.4) is 0 Å². The highest BCUT2D eigenvalue weighted by Crippen LogP contribution is 2.21. The molecule has 17 heavy (non-hydrogen) atoms. The molecule has 0 bridgehead atoms. The van der Waals surface area contributed by atoms with Crippen LogP contribution in [0.4, 0.5) is 5.95 Å². The van der Waals surface area contributed by atoms with Gasteiger partial charge in [0.15, 0.2) is 0 Å². The summed E-state index contributed by atoms with van der Waals surface area (Å²) in [7, 11) is 0. The van der Waals surface area contributed by atoms with Crippen molar-refractivity contribution in [2.75, 3.05) is 24.5 Å². The van der Waals surface area contributed by atoms with Crippen LogP contribution < -0.4 is 10.6 Å². The van der Waals surface area contributed by atoms with Crippen LogP contribution in [0.25, 0.3) is 0 Å². The molecule has 2 N–H and O–H groups in total. The van der Waals surface area contributed by atoms with E-state index in [1.165, 1.54) is 12.8 Å². The Kier molecular flexibility index (Phi) is 4.05. The third kappa shape index (κ3) is 3.00. The molecular formula is C13H24N4. The van der Waals surface area contributed by atoms with Crippen LogP contribution in [-0.4, -0.2) is 29.2 Å². The second-order valence-electron chi connectivity index (χ2n) is 5.44. The van der Waals surface area contributed by atoms with Crippen LogP contribution in [0.15, 0.2) is 12.4 Å². The average Bonchev–Trinajstić information content (AvgIpc) is 2.76. The molecule has 1 aromatic heterocycles. The average molecular weight is 236 g/mol. The lowest BCUT2D eigenvalue weighted by atomic mass is 9.97. The number of piperidine rings is 1. The van der Waals surface area contributed by atoms with Gasteiger partial charge in [-0.1, -0.05) is 13.8 Å². The van der Waals surface area contributed by atoms with Gasteiger partial charge in [-0.3, -0.25) is 0 Å². The van der Waals surface area contributed by atoms with E-state index >= 15 is 0 Å². The number of anilines is 1. The molecule has 1 fully saturated rings. The lowest BCUT2D eigenvalue weighted by Gasteiger charge is -2.32. The van der Waals surface area contributed by atoms with Crippen molar-refractivity contribution in [1.29, 1.82) is 0 Å². The number of aromatic nitrogens is 2. The maximum atomic E-state index is 5.72. The molecule has 4 heteroatoms. The molecule has 1 aliphatic heterocycles. The number of hydrogen-bond acceptors (Lipinski definition) is 3. The first-order chi connectivity index (χ1) is 8.20. The molecule has 0 amide bonds. The number of rotatable bonds is 4. The minimum atomic E-state index is 0.657. The molecule has 96 valence electrons. The zero-order valence-electron chi connectivity index (χ0n) is 11.0. The Morgan fingerprint density at radius 3 is 2.71 bits per heavy atom. The molecule has 0 spiro atoms. The fourth-order valence-corrected chi connectivity index (χ4v) is 2.49. The van der Waals surface area contributed by atoms with E-state index in [2.05, 4.69) is 34.5 Å². The zero-order chi connectivity index (χ0) is 12.3. The first kappa shape index (κ1) is 12.4. The number of nitrogens with zero attached hydrogens (tertiary/aromatic N) is 3.